The standard InChI is InChI=1S/C27H27N3O5/c1-16(2)17-10-12-18(13-11-17)26(31)28-21-9-7-6-8-20(21)27-29-25(30-35-27)19-14-22(32-3)24(34-5)23(15-19)33-4/h6-16H,1-5H3,(H,28,31). The second kappa shape index (κ2) is 10.3. The molecule has 8 heteroatoms. The van der Waals surface area contributed by atoms with Crippen molar-refractivity contribution in [3.8, 4) is 40.1 Å². The van der Waals surface area contributed by atoms with Crippen LogP contribution in [0.3, 0.4) is 0 Å². The van der Waals surface area contributed by atoms with E-state index in [2.05, 4.69) is 29.3 Å². The summed E-state index contributed by atoms with van der Waals surface area (Å²) in [5.41, 5.74) is 3.53. The summed E-state index contributed by atoms with van der Waals surface area (Å²) < 4.78 is 21.8. The molecule has 1 amide bonds. The van der Waals surface area contributed by atoms with Gasteiger partial charge in [0.05, 0.1) is 32.6 Å². The molecule has 35 heavy (non-hydrogen) atoms. The van der Waals surface area contributed by atoms with E-state index < -0.39 is 0 Å². The Morgan fingerprint density at radius 1 is 0.914 bits per heavy atom. The van der Waals surface area contributed by atoms with Crippen molar-refractivity contribution in [1.29, 1.82) is 0 Å². The SMILES string of the molecule is COc1cc(-c2noc(-c3ccccc3NC(=O)c3ccc(C(C)C)cc3)n2)cc(OC)c1OC. The van der Waals surface area contributed by atoms with Crippen LogP contribution in [0.5, 0.6) is 17.2 Å². The number of ether oxygens (including phenoxy) is 3. The summed E-state index contributed by atoms with van der Waals surface area (Å²) in [6, 6.07) is 18.3. The maximum absolute atomic E-state index is 12.9. The monoisotopic (exact) mass is 473 g/mol. The summed E-state index contributed by atoms with van der Waals surface area (Å²) in [6.07, 6.45) is 0. The smallest absolute Gasteiger partial charge is 0.260 e. The third-order valence-corrected chi connectivity index (χ3v) is 5.59. The molecule has 180 valence electrons. The molecule has 8 nitrogen and oxygen atoms in total. The Hall–Kier alpha value is -4.33. The molecule has 0 atom stereocenters. The normalized spacial score (nSPS) is 10.8. The van der Waals surface area contributed by atoms with E-state index in [1.807, 2.05) is 42.5 Å². The van der Waals surface area contributed by atoms with Gasteiger partial charge in [0, 0.05) is 11.1 Å². The van der Waals surface area contributed by atoms with Crippen LogP contribution < -0.4 is 19.5 Å². The molecular formula is C27H27N3O5. The van der Waals surface area contributed by atoms with Gasteiger partial charge in [-0.2, -0.15) is 4.98 Å². The van der Waals surface area contributed by atoms with Crippen LogP contribution in [0, 0.1) is 0 Å². The third-order valence-electron chi connectivity index (χ3n) is 5.59. The molecule has 0 aliphatic rings. The van der Waals surface area contributed by atoms with Crippen LogP contribution >= 0.6 is 0 Å². The molecule has 0 saturated heterocycles. The minimum atomic E-state index is -0.225. The van der Waals surface area contributed by atoms with E-state index in [0.29, 0.717) is 51.4 Å². The minimum Gasteiger partial charge on any atom is -0.493 e. The van der Waals surface area contributed by atoms with Crippen molar-refractivity contribution in [2.75, 3.05) is 26.6 Å². The van der Waals surface area contributed by atoms with Crippen molar-refractivity contribution in [1.82, 2.24) is 10.1 Å². The fourth-order valence-electron chi connectivity index (χ4n) is 3.65. The molecule has 0 aliphatic carbocycles. The number of benzene rings is 3. The van der Waals surface area contributed by atoms with Crippen molar-refractivity contribution in [3.05, 3.63) is 71.8 Å². The number of nitrogens with zero attached hydrogens (tertiary/aromatic N) is 2. The van der Waals surface area contributed by atoms with Gasteiger partial charge in [-0.3, -0.25) is 4.79 Å². The van der Waals surface area contributed by atoms with Crippen LogP contribution in [0.4, 0.5) is 5.69 Å². The first-order chi connectivity index (χ1) is 16.9. The number of hydrogen-bond donors (Lipinski definition) is 1. The van der Waals surface area contributed by atoms with E-state index in [1.165, 1.54) is 26.9 Å². The Labute approximate surface area is 203 Å². The zero-order valence-electron chi connectivity index (χ0n) is 20.3. The molecule has 1 heterocycles. The first kappa shape index (κ1) is 23.8. The lowest BCUT2D eigenvalue weighted by molar-refractivity contribution is 0.102. The maximum atomic E-state index is 12.9. The molecule has 0 aliphatic heterocycles. The highest BCUT2D eigenvalue weighted by Gasteiger charge is 2.19. The Morgan fingerprint density at radius 2 is 1.57 bits per heavy atom. The van der Waals surface area contributed by atoms with Crippen molar-refractivity contribution >= 4 is 11.6 Å². The van der Waals surface area contributed by atoms with Crippen LogP contribution in [0.1, 0.15) is 35.7 Å². The average molecular weight is 474 g/mol. The maximum Gasteiger partial charge on any atom is 0.260 e. The number of hydrogen-bond acceptors (Lipinski definition) is 7. The molecule has 0 unspecified atom stereocenters. The van der Waals surface area contributed by atoms with Crippen LogP contribution in [0.15, 0.2) is 65.2 Å². The van der Waals surface area contributed by atoms with Gasteiger partial charge < -0.3 is 24.1 Å². The van der Waals surface area contributed by atoms with Crippen molar-refractivity contribution in [2.24, 2.45) is 0 Å². The fourth-order valence-corrected chi connectivity index (χ4v) is 3.65. The summed E-state index contributed by atoms with van der Waals surface area (Å²) in [5, 5.41) is 7.07. The number of para-hydroxylation sites is 1. The van der Waals surface area contributed by atoms with Gasteiger partial charge in [-0.1, -0.05) is 43.3 Å². The van der Waals surface area contributed by atoms with E-state index >= 15 is 0 Å². The van der Waals surface area contributed by atoms with Gasteiger partial charge in [-0.05, 0) is 47.9 Å². The predicted octanol–water partition coefficient (Wildman–Crippen LogP) is 5.81. The number of rotatable bonds is 8. The van der Waals surface area contributed by atoms with Crippen LogP contribution in [-0.2, 0) is 0 Å². The second-order valence-corrected chi connectivity index (χ2v) is 8.11. The van der Waals surface area contributed by atoms with Crippen molar-refractivity contribution in [2.45, 2.75) is 19.8 Å². The van der Waals surface area contributed by atoms with Crippen LogP contribution in [-0.4, -0.2) is 37.4 Å². The number of anilines is 1. The van der Waals surface area contributed by atoms with Crippen molar-refractivity contribution < 1.29 is 23.5 Å². The van der Waals surface area contributed by atoms with E-state index in [0.717, 1.165) is 0 Å². The van der Waals surface area contributed by atoms with E-state index in [-0.39, 0.29) is 11.8 Å². The number of nitrogens with one attached hydrogen (secondary N) is 1. The molecule has 4 rings (SSSR count). The van der Waals surface area contributed by atoms with Crippen LogP contribution in [0.2, 0.25) is 0 Å². The van der Waals surface area contributed by atoms with E-state index in [9.17, 15) is 4.79 Å². The Bertz CT molecular complexity index is 1300. The summed E-state index contributed by atoms with van der Waals surface area (Å²) in [7, 11) is 4.62. The number of aromatic nitrogens is 2. The highest BCUT2D eigenvalue weighted by Crippen LogP contribution is 2.41. The van der Waals surface area contributed by atoms with Gasteiger partial charge in [0.15, 0.2) is 11.5 Å². The highest BCUT2D eigenvalue weighted by atomic mass is 16.5. The summed E-state index contributed by atoms with van der Waals surface area (Å²) in [4.78, 5) is 17.4. The summed E-state index contributed by atoms with van der Waals surface area (Å²) in [5.74, 6) is 2.19. The molecule has 3 aromatic carbocycles. The Balaban J connectivity index is 1.63. The summed E-state index contributed by atoms with van der Waals surface area (Å²) in [6.45, 7) is 4.23. The molecule has 4 aromatic rings. The lowest BCUT2D eigenvalue weighted by Crippen LogP contribution is -2.12. The molecule has 1 aromatic heterocycles. The zero-order chi connectivity index (χ0) is 24.9. The van der Waals surface area contributed by atoms with E-state index in [4.69, 9.17) is 18.7 Å². The first-order valence-corrected chi connectivity index (χ1v) is 11.1. The molecule has 0 saturated carbocycles. The highest BCUT2D eigenvalue weighted by molar-refractivity contribution is 6.06. The predicted molar refractivity (Wildman–Crippen MR) is 133 cm³/mol. The van der Waals surface area contributed by atoms with Crippen LogP contribution in [0.25, 0.3) is 22.8 Å². The molecular weight excluding hydrogens is 446 g/mol. The number of amides is 1. The second-order valence-electron chi connectivity index (χ2n) is 8.11. The molecule has 0 bridgehead atoms. The van der Waals surface area contributed by atoms with Gasteiger partial charge in [0.25, 0.3) is 11.8 Å². The van der Waals surface area contributed by atoms with Crippen molar-refractivity contribution in [3.63, 3.8) is 0 Å². The van der Waals surface area contributed by atoms with Gasteiger partial charge in [0.2, 0.25) is 11.6 Å². The molecule has 0 radical (unpaired) electrons. The largest absolute Gasteiger partial charge is 0.493 e. The minimum absolute atomic E-state index is 0.225. The number of carbonyl (C=O) groups is 1. The fraction of sp³-hybridized carbons (Fsp3) is 0.222. The summed E-state index contributed by atoms with van der Waals surface area (Å²) >= 11 is 0. The van der Waals surface area contributed by atoms with Gasteiger partial charge in [0.1, 0.15) is 0 Å². The number of methoxy groups -OCH3 is 3. The lowest BCUT2D eigenvalue weighted by atomic mass is 10.0. The Morgan fingerprint density at radius 3 is 2.17 bits per heavy atom. The van der Waals surface area contributed by atoms with E-state index in [1.54, 1.807) is 18.2 Å². The van der Waals surface area contributed by atoms with Gasteiger partial charge in [-0.25, -0.2) is 0 Å². The van der Waals surface area contributed by atoms with Gasteiger partial charge >= 0.3 is 0 Å². The topological polar surface area (TPSA) is 95.7 Å². The zero-order valence-corrected chi connectivity index (χ0v) is 20.3. The average Bonchev–Trinajstić information content (AvgIpc) is 3.38. The molecule has 0 fully saturated rings. The Kier molecular flexibility index (Phi) is 7.01. The lowest BCUT2D eigenvalue weighted by Gasteiger charge is -2.12. The quantitative estimate of drug-likeness (QED) is 0.345. The molecule has 1 N–H and O–H groups in total. The number of carbonyl (C=O) groups excluding carboxylic acids is 1. The third kappa shape index (κ3) is 4.96. The first-order valence-electron chi connectivity index (χ1n) is 11.1. The van der Waals surface area contributed by atoms with Gasteiger partial charge in [-0.15, -0.1) is 0 Å². The molecule has 0 spiro atoms.